The molecule has 0 radical (unpaired) electrons. The molecule has 1 aromatic carbocycles. The highest BCUT2D eigenvalue weighted by Crippen LogP contribution is 2.38. The van der Waals surface area contributed by atoms with Crippen molar-refractivity contribution in [3.05, 3.63) is 58.5 Å². The summed E-state index contributed by atoms with van der Waals surface area (Å²) in [4.78, 5) is 14.1. The van der Waals surface area contributed by atoms with Crippen molar-refractivity contribution in [1.82, 2.24) is 14.8 Å². The van der Waals surface area contributed by atoms with E-state index in [2.05, 4.69) is 16.8 Å². The number of likely N-dealkylation sites (tertiary alicyclic amines) is 1. The number of fused-ring (bicyclic) bond motifs is 1. The molecule has 2 N–H and O–H groups in total. The van der Waals surface area contributed by atoms with Gasteiger partial charge >= 0.3 is 6.18 Å². The third kappa shape index (κ3) is 5.94. The molecule has 2 aromatic rings. The summed E-state index contributed by atoms with van der Waals surface area (Å²) >= 11 is 0. The number of halogens is 3. The van der Waals surface area contributed by atoms with Crippen molar-refractivity contribution in [3.8, 4) is 0 Å². The molecule has 1 aromatic heterocycles. The number of carbonyl (C=O) groups excluding carboxylic acids is 1. The molecule has 6 nitrogen and oxygen atoms in total. The first-order chi connectivity index (χ1) is 17.5. The summed E-state index contributed by atoms with van der Waals surface area (Å²) in [5.41, 5.74) is 4.06. The molecule has 37 heavy (non-hydrogen) atoms. The van der Waals surface area contributed by atoms with Crippen LogP contribution >= 0.6 is 0 Å². The molecule has 1 fully saturated rings. The van der Waals surface area contributed by atoms with E-state index in [0.717, 1.165) is 27.7 Å². The Morgan fingerprint density at radius 3 is 2.51 bits per heavy atom. The number of hydrogen-bond donors (Lipinski definition) is 2. The van der Waals surface area contributed by atoms with E-state index in [9.17, 15) is 23.1 Å². The van der Waals surface area contributed by atoms with Gasteiger partial charge in [-0.15, -0.1) is 0 Å². The number of nitrogens with zero attached hydrogens (tertiary/aromatic N) is 2. The summed E-state index contributed by atoms with van der Waals surface area (Å²) in [6.07, 6.45) is -1.65. The third-order valence-electron chi connectivity index (χ3n) is 7.75. The van der Waals surface area contributed by atoms with Gasteiger partial charge in [-0.25, -0.2) is 0 Å². The zero-order valence-corrected chi connectivity index (χ0v) is 21.9. The van der Waals surface area contributed by atoms with Crippen molar-refractivity contribution in [1.29, 1.82) is 0 Å². The van der Waals surface area contributed by atoms with Crippen molar-refractivity contribution < 1.29 is 27.8 Å². The number of allylic oxidation sites excluding steroid dienone is 2. The number of para-hydroxylation sites is 1. The highest BCUT2D eigenvalue weighted by Gasteiger charge is 2.34. The van der Waals surface area contributed by atoms with E-state index >= 15 is 0 Å². The largest absolute Gasteiger partial charge is 0.496 e. The van der Waals surface area contributed by atoms with Gasteiger partial charge in [0.2, 0.25) is 0 Å². The number of ether oxygens (including phenoxy) is 1. The molecule has 202 valence electrons. The molecular formula is C28H36F3N3O3. The van der Waals surface area contributed by atoms with Crippen LogP contribution < -0.4 is 5.32 Å². The lowest BCUT2D eigenvalue weighted by Gasteiger charge is -2.36. The maximum absolute atomic E-state index is 12.8. The molecule has 1 saturated heterocycles. The van der Waals surface area contributed by atoms with Crippen LogP contribution in [0.3, 0.4) is 0 Å². The summed E-state index contributed by atoms with van der Waals surface area (Å²) in [7, 11) is 1.53. The van der Waals surface area contributed by atoms with Crippen LogP contribution in [0.4, 0.5) is 13.2 Å². The highest BCUT2D eigenvalue weighted by molar-refractivity contribution is 5.99. The molecule has 2 aliphatic rings. The lowest BCUT2D eigenvalue weighted by Crippen LogP contribution is -2.41. The number of aliphatic hydroxyl groups is 1. The van der Waals surface area contributed by atoms with Crippen molar-refractivity contribution in [2.45, 2.75) is 58.5 Å². The number of methoxy groups -OCH3 is 1. The average molecular weight is 520 g/mol. The van der Waals surface area contributed by atoms with Crippen molar-refractivity contribution >= 4 is 16.7 Å². The Labute approximate surface area is 215 Å². The normalized spacial score (nSPS) is 19.9. The Balaban J connectivity index is 1.56. The molecule has 2 atom stereocenters. The first-order valence-electron chi connectivity index (χ1n) is 12.8. The smallest absolute Gasteiger partial charge is 0.401 e. The third-order valence-corrected chi connectivity index (χ3v) is 7.75. The first-order valence-corrected chi connectivity index (χ1v) is 12.8. The zero-order chi connectivity index (χ0) is 26.9. The predicted molar refractivity (Wildman–Crippen MR) is 137 cm³/mol. The molecule has 2 heterocycles. The number of rotatable bonds is 8. The fourth-order valence-electron chi connectivity index (χ4n) is 5.87. The van der Waals surface area contributed by atoms with Crippen LogP contribution in [0, 0.1) is 12.8 Å². The summed E-state index contributed by atoms with van der Waals surface area (Å²) in [5, 5.41) is 15.3. The van der Waals surface area contributed by atoms with E-state index < -0.39 is 18.9 Å². The molecule has 1 aliphatic carbocycles. The van der Waals surface area contributed by atoms with Crippen LogP contribution in [0.2, 0.25) is 0 Å². The number of Topliss-reactive ketones (excluding diaryl/α,β-unsaturated/α-hetero) is 1. The number of alkyl halides is 3. The number of carbonyl (C=O) groups is 1. The van der Waals surface area contributed by atoms with Crippen LogP contribution in [0.25, 0.3) is 10.9 Å². The molecule has 0 spiro atoms. The second-order valence-corrected chi connectivity index (χ2v) is 10.3. The number of nitrogens with one attached hydrogen (secondary N) is 1. The number of piperidine rings is 1. The highest BCUT2D eigenvalue weighted by atomic mass is 19.4. The van der Waals surface area contributed by atoms with Gasteiger partial charge in [0.25, 0.3) is 0 Å². The molecule has 1 unspecified atom stereocenters. The zero-order valence-electron chi connectivity index (χ0n) is 21.9. The minimum atomic E-state index is -4.18. The van der Waals surface area contributed by atoms with Gasteiger partial charge in [0.1, 0.15) is 12.0 Å². The van der Waals surface area contributed by atoms with E-state index in [1.54, 1.807) is 0 Å². The molecule has 0 saturated carbocycles. The summed E-state index contributed by atoms with van der Waals surface area (Å²) in [6.45, 7) is 6.10. The standard InChI is InChI=1S/C28H36F3N3O3/c1-17-13-24(35)22(25(14-17)37-4)15-32-27(36)26-19(3)34(23-8-6-5-7-21(23)26)18(2)20-9-11-33(12-10-20)16-28(29,30)31/h5-8,14,18,20,27,32,36H,9-13,15-16H2,1-4H3/t18-,27?/m1/s1. The number of aromatic nitrogens is 1. The minimum Gasteiger partial charge on any atom is -0.496 e. The quantitative estimate of drug-likeness (QED) is 0.470. The summed E-state index contributed by atoms with van der Waals surface area (Å²) in [6, 6.07) is 7.90. The van der Waals surface area contributed by atoms with Crippen LogP contribution in [0.5, 0.6) is 0 Å². The molecule has 4 rings (SSSR count). The van der Waals surface area contributed by atoms with Crippen molar-refractivity contribution in [2.24, 2.45) is 5.92 Å². The van der Waals surface area contributed by atoms with Crippen LogP contribution in [-0.4, -0.2) is 59.8 Å². The summed E-state index contributed by atoms with van der Waals surface area (Å²) in [5.74, 6) is 0.709. The summed E-state index contributed by atoms with van der Waals surface area (Å²) < 4.78 is 46.1. The SMILES string of the molecule is COC1=C(CNC(O)c2c(C)n([C@H](C)C3CCN(CC(F)(F)F)CC3)c3ccccc23)C(=O)CC(C)=C1. The second kappa shape index (κ2) is 11.0. The monoisotopic (exact) mass is 519 g/mol. The first kappa shape index (κ1) is 27.4. The topological polar surface area (TPSA) is 66.7 Å². The van der Waals surface area contributed by atoms with E-state index in [1.165, 1.54) is 12.0 Å². The molecule has 0 bridgehead atoms. The van der Waals surface area contributed by atoms with Gasteiger partial charge in [-0.3, -0.25) is 15.0 Å². The Morgan fingerprint density at radius 1 is 1.19 bits per heavy atom. The lowest BCUT2D eigenvalue weighted by atomic mass is 9.90. The van der Waals surface area contributed by atoms with E-state index in [0.29, 0.717) is 43.7 Å². The van der Waals surface area contributed by atoms with Crippen molar-refractivity contribution in [2.75, 3.05) is 33.3 Å². The van der Waals surface area contributed by atoms with Crippen LogP contribution in [0.1, 0.15) is 56.6 Å². The maximum Gasteiger partial charge on any atom is 0.401 e. The Bertz CT molecular complexity index is 1210. The Hall–Kier alpha value is -2.62. The van der Waals surface area contributed by atoms with Crippen molar-refractivity contribution in [3.63, 3.8) is 0 Å². The second-order valence-electron chi connectivity index (χ2n) is 10.3. The number of benzene rings is 1. The van der Waals surface area contributed by atoms with Crippen LogP contribution in [0.15, 0.2) is 47.2 Å². The number of ketones is 1. The Kier molecular flexibility index (Phi) is 8.16. The van der Waals surface area contributed by atoms with Gasteiger partial charge < -0.3 is 14.4 Å². The fourth-order valence-corrected chi connectivity index (χ4v) is 5.87. The van der Waals surface area contributed by atoms with Gasteiger partial charge in [0.15, 0.2) is 5.78 Å². The van der Waals surface area contributed by atoms with Gasteiger partial charge in [0.05, 0.1) is 19.2 Å². The van der Waals surface area contributed by atoms with Gasteiger partial charge in [-0.1, -0.05) is 23.8 Å². The fraction of sp³-hybridized carbons (Fsp3) is 0.536. The minimum absolute atomic E-state index is 0.0267. The lowest BCUT2D eigenvalue weighted by molar-refractivity contribution is -0.149. The number of hydrogen-bond acceptors (Lipinski definition) is 5. The Morgan fingerprint density at radius 2 is 1.86 bits per heavy atom. The van der Waals surface area contributed by atoms with E-state index in [-0.39, 0.29) is 24.3 Å². The maximum atomic E-state index is 12.8. The number of aliphatic hydroxyl groups excluding tert-OH is 1. The van der Waals surface area contributed by atoms with Gasteiger partial charge in [-0.05, 0) is 64.8 Å². The van der Waals surface area contributed by atoms with E-state index in [1.807, 2.05) is 44.2 Å². The molecule has 1 aliphatic heterocycles. The van der Waals surface area contributed by atoms with Gasteiger partial charge in [0, 0.05) is 41.2 Å². The predicted octanol–water partition coefficient (Wildman–Crippen LogP) is 5.19. The molecule has 0 amide bonds. The van der Waals surface area contributed by atoms with Gasteiger partial charge in [-0.2, -0.15) is 13.2 Å². The molecular weight excluding hydrogens is 483 g/mol. The van der Waals surface area contributed by atoms with Crippen LogP contribution in [-0.2, 0) is 9.53 Å². The molecule has 9 heteroatoms. The average Bonchev–Trinajstić information content (AvgIpc) is 3.13. The van der Waals surface area contributed by atoms with E-state index in [4.69, 9.17) is 4.74 Å².